The van der Waals surface area contributed by atoms with Crippen molar-refractivity contribution in [3.8, 4) is 0 Å². The Kier molecular flexibility index (Phi) is 5.22. The summed E-state index contributed by atoms with van der Waals surface area (Å²) < 4.78 is 5.05. The molecule has 0 unspecified atom stereocenters. The van der Waals surface area contributed by atoms with Gasteiger partial charge in [0.05, 0.1) is 6.61 Å². The fourth-order valence-corrected chi connectivity index (χ4v) is 3.33. The molecule has 1 aromatic rings. The van der Waals surface area contributed by atoms with Gasteiger partial charge < -0.3 is 25.6 Å². The Morgan fingerprint density at radius 1 is 1.29 bits per heavy atom. The van der Waals surface area contributed by atoms with Crippen molar-refractivity contribution in [3.05, 3.63) is 6.33 Å². The Morgan fingerprint density at radius 2 is 2.00 bits per heavy atom. The van der Waals surface area contributed by atoms with Crippen LogP contribution >= 0.6 is 0 Å². The van der Waals surface area contributed by atoms with E-state index >= 15 is 0 Å². The second kappa shape index (κ2) is 7.55. The molecule has 8 heteroatoms. The smallest absolute Gasteiger partial charge is 0.409 e. The number of piperazine rings is 1. The number of nitrogens with two attached hydrogens (primary N) is 1. The van der Waals surface area contributed by atoms with Crippen molar-refractivity contribution in [2.24, 2.45) is 0 Å². The van der Waals surface area contributed by atoms with E-state index in [1.807, 2.05) is 6.92 Å². The summed E-state index contributed by atoms with van der Waals surface area (Å²) in [6.07, 6.45) is 6.14. The van der Waals surface area contributed by atoms with Crippen LogP contribution in [-0.2, 0) is 4.74 Å². The lowest BCUT2D eigenvalue weighted by atomic mass is 10.2. The third-order valence-electron chi connectivity index (χ3n) is 4.66. The number of carbonyl (C=O) groups excluding carboxylic acids is 1. The standard InChI is InChI=1S/C16H26N6O2/c1-2-24-16(23)22-9-7-21(8-10-22)15-13(17)14(18-11-19-15)20-12-5-3-4-6-12/h11-12H,2-10,17H2,1H3,(H,18,19,20). The zero-order valence-corrected chi connectivity index (χ0v) is 14.2. The van der Waals surface area contributed by atoms with Crippen molar-refractivity contribution in [1.82, 2.24) is 14.9 Å². The summed E-state index contributed by atoms with van der Waals surface area (Å²) in [4.78, 5) is 24.3. The molecule has 1 saturated heterocycles. The Labute approximate surface area is 142 Å². The molecule has 1 aromatic heterocycles. The van der Waals surface area contributed by atoms with Gasteiger partial charge in [-0.05, 0) is 19.8 Å². The van der Waals surface area contributed by atoms with Gasteiger partial charge >= 0.3 is 6.09 Å². The Hall–Kier alpha value is -2.25. The van der Waals surface area contributed by atoms with E-state index in [0.717, 1.165) is 24.5 Å². The van der Waals surface area contributed by atoms with E-state index in [0.29, 0.717) is 44.5 Å². The number of amides is 1. The number of aromatic nitrogens is 2. The average Bonchev–Trinajstić information content (AvgIpc) is 3.10. The van der Waals surface area contributed by atoms with Gasteiger partial charge in [0.15, 0.2) is 11.6 Å². The van der Waals surface area contributed by atoms with Gasteiger partial charge in [-0.2, -0.15) is 0 Å². The van der Waals surface area contributed by atoms with Gasteiger partial charge in [-0.15, -0.1) is 0 Å². The fraction of sp³-hybridized carbons (Fsp3) is 0.688. The van der Waals surface area contributed by atoms with Crippen LogP contribution < -0.4 is 16.0 Å². The molecule has 2 aliphatic rings. The van der Waals surface area contributed by atoms with Crippen LogP contribution in [0.5, 0.6) is 0 Å². The van der Waals surface area contributed by atoms with Gasteiger partial charge in [0.25, 0.3) is 0 Å². The van der Waals surface area contributed by atoms with E-state index in [9.17, 15) is 4.79 Å². The first-order valence-electron chi connectivity index (χ1n) is 8.72. The van der Waals surface area contributed by atoms with E-state index in [1.165, 1.54) is 12.8 Å². The largest absolute Gasteiger partial charge is 0.450 e. The van der Waals surface area contributed by atoms with E-state index in [2.05, 4.69) is 20.2 Å². The topological polar surface area (TPSA) is 96.6 Å². The number of hydrogen-bond donors (Lipinski definition) is 2. The van der Waals surface area contributed by atoms with Crippen molar-refractivity contribution in [1.29, 1.82) is 0 Å². The molecule has 1 aliphatic heterocycles. The molecular weight excluding hydrogens is 308 g/mol. The number of nitrogens with zero attached hydrogens (tertiary/aromatic N) is 4. The van der Waals surface area contributed by atoms with E-state index in [1.54, 1.807) is 11.2 Å². The molecule has 8 nitrogen and oxygen atoms in total. The zero-order chi connectivity index (χ0) is 16.9. The summed E-state index contributed by atoms with van der Waals surface area (Å²) >= 11 is 0. The van der Waals surface area contributed by atoms with E-state index in [4.69, 9.17) is 10.5 Å². The highest BCUT2D eigenvalue weighted by atomic mass is 16.6. The fourth-order valence-electron chi connectivity index (χ4n) is 3.33. The van der Waals surface area contributed by atoms with Gasteiger partial charge in [-0.3, -0.25) is 0 Å². The van der Waals surface area contributed by atoms with Crippen molar-refractivity contribution in [2.75, 3.05) is 48.7 Å². The first-order chi connectivity index (χ1) is 11.7. The lowest BCUT2D eigenvalue weighted by molar-refractivity contribution is 0.105. The number of ether oxygens (including phenoxy) is 1. The number of nitrogen functional groups attached to an aromatic ring is 1. The van der Waals surface area contributed by atoms with Gasteiger partial charge in [0.1, 0.15) is 12.0 Å². The van der Waals surface area contributed by atoms with E-state index < -0.39 is 0 Å². The molecule has 24 heavy (non-hydrogen) atoms. The second-order valence-corrected chi connectivity index (χ2v) is 6.26. The number of carbonyl (C=O) groups is 1. The van der Waals surface area contributed by atoms with Crippen molar-refractivity contribution >= 4 is 23.4 Å². The van der Waals surface area contributed by atoms with Crippen molar-refractivity contribution < 1.29 is 9.53 Å². The van der Waals surface area contributed by atoms with Gasteiger partial charge in [0.2, 0.25) is 0 Å². The molecular formula is C16H26N6O2. The Bertz CT molecular complexity index is 568. The van der Waals surface area contributed by atoms with Gasteiger partial charge in [0, 0.05) is 32.2 Å². The van der Waals surface area contributed by atoms with Crippen LogP contribution in [0.3, 0.4) is 0 Å². The van der Waals surface area contributed by atoms with Crippen LogP contribution in [0.15, 0.2) is 6.33 Å². The van der Waals surface area contributed by atoms with Crippen LogP contribution in [0.4, 0.5) is 22.1 Å². The molecule has 0 spiro atoms. The maximum absolute atomic E-state index is 11.8. The molecule has 2 fully saturated rings. The van der Waals surface area contributed by atoms with Crippen LogP contribution in [0.2, 0.25) is 0 Å². The molecule has 1 amide bonds. The van der Waals surface area contributed by atoms with E-state index in [-0.39, 0.29) is 6.09 Å². The molecule has 3 rings (SSSR count). The SMILES string of the molecule is CCOC(=O)N1CCN(c2ncnc(NC3CCCC3)c2N)CC1. The normalized spacial score (nSPS) is 18.7. The molecule has 1 aliphatic carbocycles. The number of hydrogen-bond acceptors (Lipinski definition) is 7. The monoisotopic (exact) mass is 334 g/mol. The Balaban J connectivity index is 1.64. The maximum atomic E-state index is 11.8. The molecule has 0 radical (unpaired) electrons. The van der Waals surface area contributed by atoms with Crippen molar-refractivity contribution in [3.63, 3.8) is 0 Å². The van der Waals surface area contributed by atoms with Crippen molar-refractivity contribution in [2.45, 2.75) is 38.6 Å². The first kappa shape index (κ1) is 16.6. The summed E-state index contributed by atoms with van der Waals surface area (Å²) in [6, 6.07) is 0.454. The summed E-state index contributed by atoms with van der Waals surface area (Å²) in [5, 5.41) is 3.45. The Morgan fingerprint density at radius 3 is 2.67 bits per heavy atom. The highest BCUT2D eigenvalue weighted by Gasteiger charge is 2.25. The third-order valence-corrected chi connectivity index (χ3v) is 4.66. The molecule has 0 bridgehead atoms. The maximum Gasteiger partial charge on any atom is 0.409 e. The number of rotatable bonds is 4. The summed E-state index contributed by atoms with van der Waals surface area (Å²) in [6.45, 7) is 4.79. The minimum absolute atomic E-state index is 0.253. The van der Waals surface area contributed by atoms with Crippen LogP contribution in [0.1, 0.15) is 32.6 Å². The number of anilines is 3. The molecule has 0 atom stereocenters. The predicted molar refractivity (Wildman–Crippen MR) is 93.1 cm³/mol. The van der Waals surface area contributed by atoms with Crippen LogP contribution in [-0.4, -0.2) is 59.8 Å². The molecule has 3 N–H and O–H groups in total. The first-order valence-corrected chi connectivity index (χ1v) is 8.72. The second-order valence-electron chi connectivity index (χ2n) is 6.26. The number of nitrogens with one attached hydrogen (secondary N) is 1. The highest BCUT2D eigenvalue weighted by Crippen LogP contribution is 2.29. The van der Waals surface area contributed by atoms with Gasteiger partial charge in [-0.1, -0.05) is 12.8 Å². The van der Waals surface area contributed by atoms with Crippen LogP contribution in [0.25, 0.3) is 0 Å². The highest BCUT2D eigenvalue weighted by molar-refractivity contribution is 5.75. The molecule has 1 saturated carbocycles. The average molecular weight is 334 g/mol. The zero-order valence-electron chi connectivity index (χ0n) is 14.2. The minimum atomic E-state index is -0.253. The predicted octanol–water partition coefficient (Wildman–Crippen LogP) is 1.69. The summed E-state index contributed by atoms with van der Waals surface area (Å²) in [5.74, 6) is 1.47. The summed E-state index contributed by atoms with van der Waals surface area (Å²) in [7, 11) is 0. The third kappa shape index (κ3) is 3.63. The molecule has 2 heterocycles. The van der Waals surface area contributed by atoms with Gasteiger partial charge in [-0.25, -0.2) is 14.8 Å². The minimum Gasteiger partial charge on any atom is -0.450 e. The quantitative estimate of drug-likeness (QED) is 0.865. The lowest BCUT2D eigenvalue weighted by Crippen LogP contribution is -2.49. The molecule has 0 aromatic carbocycles. The molecule has 132 valence electrons. The summed E-state index contributed by atoms with van der Waals surface area (Å²) in [5.41, 5.74) is 6.89. The van der Waals surface area contributed by atoms with Crippen LogP contribution in [0, 0.1) is 0 Å². The lowest BCUT2D eigenvalue weighted by Gasteiger charge is -2.35.